The number of rotatable bonds is 4. The molecule has 1 saturated heterocycles. The monoisotopic (exact) mass is 309 g/mol. The van der Waals surface area contributed by atoms with Gasteiger partial charge in [-0.15, -0.1) is 0 Å². The lowest BCUT2D eigenvalue weighted by Gasteiger charge is -2.24. The number of anilines is 1. The van der Waals surface area contributed by atoms with E-state index in [0.717, 1.165) is 4.90 Å². The van der Waals surface area contributed by atoms with Crippen molar-refractivity contribution in [3.8, 4) is 0 Å². The second-order valence-electron chi connectivity index (χ2n) is 5.17. The topological polar surface area (TPSA) is 74.7 Å². The molecule has 0 aromatic heterocycles. The molecule has 1 N–H and O–H groups in total. The molecule has 21 heavy (non-hydrogen) atoms. The van der Waals surface area contributed by atoms with Crippen LogP contribution in [0.1, 0.15) is 43.5 Å². The van der Waals surface area contributed by atoms with Crippen LogP contribution in [-0.4, -0.2) is 22.9 Å². The molecule has 0 unspecified atom stereocenters. The summed E-state index contributed by atoms with van der Waals surface area (Å²) in [5.41, 5.74) is -0.787. The van der Waals surface area contributed by atoms with E-state index in [1.165, 1.54) is 18.2 Å². The van der Waals surface area contributed by atoms with Crippen molar-refractivity contribution in [1.82, 2.24) is 0 Å². The van der Waals surface area contributed by atoms with E-state index >= 15 is 0 Å². The average Bonchev–Trinajstić information content (AvgIpc) is 2.70. The summed E-state index contributed by atoms with van der Waals surface area (Å²) in [6, 6.07) is 4.13. The first-order valence-corrected chi connectivity index (χ1v) is 7.14. The zero-order valence-corrected chi connectivity index (χ0v) is 12.6. The van der Waals surface area contributed by atoms with Crippen molar-refractivity contribution in [3.63, 3.8) is 0 Å². The van der Waals surface area contributed by atoms with Crippen molar-refractivity contribution in [3.05, 3.63) is 28.8 Å². The summed E-state index contributed by atoms with van der Waals surface area (Å²) < 4.78 is 0. The summed E-state index contributed by atoms with van der Waals surface area (Å²) in [7, 11) is 0. The minimum absolute atomic E-state index is 0.0886. The van der Waals surface area contributed by atoms with Gasteiger partial charge in [0, 0.05) is 11.4 Å². The predicted octanol–water partition coefficient (Wildman–Crippen LogP) is 3.11. The molecule has 0 spiro atoms. The van der Waals surface area contributed by atoms with Crippen LogP contribution < -0.4 is 4.90 Å². The Kier molecular flexibility index (Phi) is 4.05. The Bertz CT molecular complexity index is 622. The predicted molar refractivity (Wildman–Crippen MR) is 78.5 cm³/mol. The highest BCUT2D eigenvalue weighted by molar-refractivity contribution is 6.31. The molecule has 2 amide bonds. The van der Waals surface area contributed by atoms with Crippen LogP contribution >= 0.6 is 11.6 Å². The molecule has 0 bridgehead atoms. The van der Waals surface area contributed by atoms with Gasteiger partial charge in [0.1, 0.15) is 0 Å². The van der Waals surface area contributed by atoms with Crippen molar-refractivity contribution in [2.75, 3.05) is 4.90 Å². The third kappa shape index (κ3) is 2.42. The number of hydrogen-bond acceptors (Lipinski definition) is 3. The fraction of sp³-hybridized carbons (Fsp3) is 0.400. The highest BCUT2D eigenvalue weighted by Crippen LogP contribution is 2.42. The molecule has 0 radical (unpaired) electrons. The van der Waals surface area contributed by atoms with Gasteiger partial charge in [-0.1, -0.05) is 25.4 Å². The summed E-state index contributed by atoms with van der Waals surface area (Å²) in [6.07, 6.45) is 1.20. The van der Waals surface area contributed by atoms with Gasteiger partial charge in [0.15, 0.2) is 0 Å². The molecule has 1 heterocycles. The Morgan fingerprint density at radius 1 is 1.33 bits per heavy atom. The highest BCUT2D eigenvalue weighted by atomic mass is 35.5. The van der Waals surface area contributed by atoms with E-state index < -0.39 is 11.4 Å². The number of carboxylic acid groups (broad SMARTS) is 1. The number of carbonyl (C=O) groups excluding carboxylic acids is 2. The first-order valence-electron chi connectivity index (χ1n) is 6.76. The Labute approximate surface area is 127 Å². The summed E-state index contributed by atoms with van der Waals surface area (Å²) >= 11 is 5.80. The first kappa shape index (κ1) is 15.5. The number of benzene rings is 1. The molecule has 1 aliphatic rings. The van der Waals surface area contributed by atoms with Crippen LogP contribution in [0.25, 0.3) is 0 Å². The second kappa shape index (κ2) is 5.48. The lowest BCUT2D eigenvalue weighted by Crippen LogP contribution is -2.36. The number of aromatic carboxylic acids is 1. The van der Waals surface area contributed by atoms with Crippen LogP contribution in [0.2, 0.25) is 5.02 Å². The van der Waals surface area contributed by atoms with Gasteiger partial charge in [0.05, 0.1) is 16.7 Å². The van der Waals surface area contributed by atoms with Crippen LogP contribution in [-0.2, 0) is 9.59 Å². The van der Waals surface area contributed by atoms with Gasteiger partial charge in [0.25, 0.3) is 0 Å². The quantitative estimate of drug-likeness (QED) is 0.867. The van der Waals surface area contributed by atoms with Crippen molar-refractivity contribution < 1.29 is 19.5 Å². The molecular weight excluding hydrogens is 294 g/mol. The summed E-state index contributed by atoms with van der Waals surface area (Å²) in [5.74, 6) is -1.92. The smallest absolute Gasteiger partial charge is 0.337 e. The maximum atomic E-state index is 12.6. The maximum Gasteiger partial charge on any atom is 0.337 e. The first-order chi connectivity index (χ1) is 9.86. The van der Waals surface area contributed by atoms with E-state index in [2.05, 4.69) is 0 Å². The minimum atomic E-state index is -1.22. The lowest BCUT2D eigenvalue weighted by molar-refractivity contribution is -0.126. The molecule has 112 valence electrons. The number of carboxylic acids is 1. The van der Waals surface area contributed by atoms with Gasteiger partial charge in [-0.25, -0.2) is 9.69 Å². The fourth-order valence-corrected chi connectivity index (χ4v) is 2.89. The Morgan fingerprint density at radius 3 is 2.43 bits per heavy atom. The van der Waals surface area contributed by atoms with Crippen LogP contribution in [0.15, 0.2) is 18.2 Å². The van der Waals surface area contributed by atoms with Crippen molar-refractivity contribution in [2.45, 2.75) is 33.1 Å². The van der Waals surface area contributed by atoms with Gasteiger partial charge < -0.3 is 5.11 Å². The van der Waals surface area contributed by atoms with E-state index in [1.807, 2.05) is 13.8 Å². The average molecular weight is 310 g/mol. The van der Waals surface area contributed by atoms with Gasteiger partial charge in [-0.05, 0) is 31.0 Å². The van der Waals surface area contributed by atoms with Crippen molar-refractivity contribution in [2.24, 2.45) is 5.41 Å². The van der Waals surface area contributed by atoms with Gasteiger partial charge in [-0.2, -0.15) is 0 Å². The molecule has 1 aromatic rings. The number of halogens is 1. The van der Waals surface area contributed by atoms with Crippen LogP contribution in [0.3, 0.4) is 0 Å². The van der Waals surface area contributed by atoms with E-state index in [1.54, 1.807) is 0 Å². The molecule has 0 saturated carbocycles. The summed E-state index contributed by atoms with van der Waals surface area (Å²) in [4.78, 5) is 37.2. The van der Waals surface area contributed by atoms with Crippen LogP contribution in [0.4, 0.5) is 5.69 Å². The maximum absolute atomic E-state index is 12.6. The molecule has 6 heteroatoms. The van der Waals surface area contributed by atoms with E-state index in [4.69, 9.17) is 11.6 Å². The number of nitrogens with zero attached hydrogens (tertiary/aromatic N) is 1. The molecule has 2 rings (SSSR count). The lowest BCUT2D eigenvalue weighted by atomic mass is 9.81. The van der Waals surface area contributed by atoms with Gasteiger partial charge in [-0.3, -0.25) is 9.59 Å². The summed E-state index contributed by atoms with van der Waals surface area (Å²) in [5, 5.41) is 9.50. The Balaban J connectivity index is 2.55. The molecular formula is C15H16ClNO4. The Hall–Kier alpha value is -1.88. The highest BCUT2D eigenvalue weighted by Gasteiger charge is 2.50. The standard InChI is InChI=1S/C15H16ClNO4/c1-3-15(4-2)8-12(18)17(14(15)21)11-6-5-9(16)7-10(11)13(19)20/h5-7H,3-4,8H2,1-2H3,(H,19,20). The van der Waals surface area contributed by atoms with E-state index in [-0.39, 0.29) is 34.5 Å². The van der Waals surface area contributed by atoms with E-state index in [9.17, 15) is 19.5 Å². The Morgan fingerprint density at radius 2 is 1.95 bits per heavy atom. The van der Waals surface area contributed by atoms with Gasteiger partial charge in [0.2, 0.25) is 11.8 Å². The zero-order chi connectivity index (χ0) is 15.8. The normalized spacial score (nSPS) is 17.4. The number of carbonyl (C=O) groups is 3. The van der Waals surface area contributed by atoms with Crippen molar-refractivity contribution >= 4 is 35.1 Å². The number of hydrogen-bond donors (Lipinski definition) is 1. The second-order valence-corrected chi connectivity index (χ2v) is 5.60. The molecule has 1 aliphatic heterocycles. The van der Waals surface area contributed by atoms with Gasteiger partial charge >= 0.3 is 5.97 Å². The molecule has 1 aromatic carbocycles. The van der Waals surface area contributed by atoms with Crippen LogP contribution in [0, 0.1) is 5.41 Å². The minimum Gasteiger partial charge on any atom is -0.478 e. The number of amides is 2. The SMILES string of the molecule is CCC1(CC)CC(=O)N(c2ccc(Cl)cc2C(=O)O)C1=O. The third-order valence-electron chi connectivity index (χ3n) is 4.18. The van der Waals surface area contributed by atoms with Crippen molar-refractivity contribution in [1.29, 1.82) is 0 Å². The molecule has 0 atom stereocenters. The van der Waals surface area contributed by atoms with E-state index in [0.29, 0.717) is 12.8 Å². The molecule has 0 aliphatic carbocycles. The number of imide groups is 1. The third-order valence-corrected chi connectivity index (χ3v) is 4.41. The molecule has 5 nitrogen and oxygen atoms in total. The van der Waals surface area contributed by atoms with Crippen LogP contribution in [0.5, 0.6) is 0 Å². The zero-order valence-electron chi connectivity index (χ0n) is 11.9. The largest absolute Gasteiger partial charge is 0.478 e. The summed E-state index contributed by atoms with van der Waals surface area (Å²) in [6.45, 7) is 3.72. The molecule has 1 fully saturated rings. The fourth-order valence-electron chi connectivity index (χ4n) is 2.72.